The van der Waals surface area contributed by atoms with Gasteiger partial charge in [-0.05, 0) is 25.8 Å². The van der Waals surface area contributed by atoms with E-state index in [-0.39, 0.29) is 23.5 Å². The van der Waals surface area contributed by atoms with E-state index in [1.165, 1.54) is 12.3 Å². The van der Waals surface area contributed by atoms with E-state index < -0.39 is 11.7 Å². The summed E-state index contributed by atoms with van der Waals surface area (Å²) in [5.41, 5.74) is 2.05. The van der Waals surface area contributed by atoms with Gasteiger partial charge in [0.1, 0.15) is 0 Å². The first-order valence-electron chi connectivity index (χ1n) is 6.15. The number of hydrazine groups is 1. The van der Waals surface area contributed by atoms with Crippen molar-refractivity contribution >= 4 is 11.7 Å². The highest BCUT2D eigenvalue weighted by Crippen LogP contribution is 2.17. The van der Waals surface area contributed by atoms with Crippen LogP contribution in [0.3, 0.4) is 0 Å². The smallest absolute Gasteiger partial charge is 0.254 e. The SMILES string of the molecule is CC1CC(NC(=O)c2ccnc(NN)c2F)CCO1. The largest absolute Gasteiger partial charge is 0.378 e. The molecule has 0 saturated carbocycles. The molecule has 4 N–H and O–H groups in total. The van der Waals surface area contributed by atoms with Gasteiger partial charge in [0.15, 0.2) is 11.6 Å². The van der Waals surface area contributed by atoms with Gasteiger partial charge in [0.2, 0.25) is 0 Å². The van der Waals surface area contributed by atoms with Crippen molar-refractivity contribution in [3.8, 4) is 0 Å². The number of nitrogens with one attached hydrogen (secondary N) is 2. The summed E-state index contributed by atoms with van der Waals surface area (Å²) >= 11 is 0. The average molecular weight is 268 g/mol. The second-order valence-corrected chi connectivity index (χ2v) is 4.54. The number of nitrogen functional groups attached to an aromatic ring is 1. The molecule has 1 aliphatic heterocycles. The van der Waals surface area contributed by atoms with Gasteiger partial charge in [0.25, 0.3) is 5.91 Å². The second kappa shape index (κ2) is 5.94. The Hall–Kier alpha value is -1.73. The molecule has 2 rings (SSSR count). The lowest BCUT2D eigenvalue weighted by Gasteiger charge is -2.28. The molecule has 2 heterocycles. The fraction of sp³-hybridized carbons (Fsp3) is 0.500. The molecule has 6 nitrogen and oxygen atoms in total. The number of halogens is 1. The third-order valence-corrected chi connectivity index (χ3v) is 3.09. The first-order chi connectivity index (χ1) is 9.11. The van der Waals surface area contributed by atoms with Gasteiger partial charge < -0.3 is 15.5 Å². The fourth-order valence-corrected chi connectivity index (χ4v) is 2.11. The van der Waals surface area contributed by atoms with Crippen molar-refractivity contribution in [1.29, 1.82) is 0 Å². The van der Waals surface area contributed by atoms with Crippen LogP contribution in [0.25, 0.3) is 0 Å². The quantitative estimate of drug-likeness (QED) is 0.557. The van der Waals surface area contributed by atoms with Crippen molar-refractivity contribution in [3.05, 3.63) is 23.6 Å². The van der Waals surface area contributed by atoms with Crippen LogP contribution in [-0.4, -0.2) is 29.6 Å². The van der Waals surface area contributed by atoms with Crippen LogP contribution in [0.15, 0.2) is 12.3 Å². The minimum absolute atomic E-state index is 0.00176. The van der Waals surface area contributed by atoms with Gasteiger partial charge in [0, 0.05) is 18.8 Å². The Morgan fingerprint density at radius 2 is 2.42 bits per heavy atom. The van der Waals surface area contributed by atoms with Crippen molar-refractivity contribution in [2.45, 2.75) is 31.9 Å². The van der Waals surface area contributed by atoms with E-state index in [4.69, 9.17) is 10.6 Å². The lowest BCUT2D eigenvalue weighted by Crippen LogP contribution is -2.41. The summed E-state index contributed by atoms with van der Waals surface area (Å²) in [5.74, 6) is 3.77. The zero-order chi connectivity index (χ0) is 13.8. The summed E-state index contributed by atoms with van der Waals surface area (Å²) in [7, 11) is 0. The van der Waals surface area contributed by atoms with E-state index in [1.54, 1.807) is 0 Å². The zero-order valence-corrected chi connectivity index (χ0v) is 10.6. The molecule has 0 aromatic carbocycles. The third kappa shape index (κ3) is 3.18. The van der Waals surface area contributed by atoms with Crippen LogP contribution >= 0.6 is 0 Å². The summed E-state index contributed by atoms with van der Waals surface area (Å²) in [4.78, 5) is 15.7. The summed E-state index contributed by atoms with van der Waals surface area (Å²) < 4.78 is 19.3. The number of aromatic nitrogens is 1. The predicted octanol–water partition coefficient (Wildman–Crippen LogP) is 0.804. The fourth-order valence-electron chi connectivity index (χ4n) is 2.11. The predicted molar refractivity (Wildman–Crippen MR) is 67.9 cm³/mol. The molecule has 0 aliphatic carbocycles. The first kappa shape index (κ1) is 13.7. The normalized spacial score (nSPS) is 22.9. The number of hydrogen-bond acceptors (Lipinski definition) is 5. The van der Waals surface area contributed by atoms with Crippen molar-refractivity contribution in [1.82, 2.24) is 10.3 Å². The molecule has 1 aromatic rings. The molecule has 0 bridgehead atoms. The van der Waals surface area contributed by atoms with E-state index in [2.05, 4.69) is 15.7 Å². The molecule has 1 aliphatic rings. The molecule has 0 spiro atoms. The number of rotatable bonds is 3. The first-order valence-corrected chi connectivity index (χ1v) is 6.15. The topological polar surface area (TPSA) is 89.3 Å². The molecule has 1 amide bonds. The Labute approximate surface area is 110 Å². The van der Waals surface area contributed by atoms with Crippen LogP contribution in [0, 0.1) is 5.82 Å². The number of nitrogens with two attached hydrogens (primary N) is 1. The monoisotopic (exact) mass is 268 g/mol. The highest BCUT2D eigenvalue weighted by atomic mass is 19.1. The summed E-state index contributed by atoms with van der Waals surface area (Å²) in [6.45, 7) is 2.54. The molecule has 0 radical (unpaired) electrons. The number of nitrogens with zero attached hydrogens (tertiary/aromatic N) is 1. The van der Waals surface area contributed by atoms with Gasteiger partial charge in [-0.25, -0.2) is 15.2 Å². The Morgan fingerprint density at radius 1 is 1.63 bits per heavy atom. The number of carbonyl (C=O) groups excluding carboxylic acids is 1. The van der Waals surface area contributed by atoms with Crippen LogP contribution in [0.1, 0.15) is 30.1 Å². The molecule has 1 fully saturated rings. The van der Waals surface area contributed by atoms with Gasteiger partial charge in [-0.2, -0.15) is 0 Å². The highest BCUT2D eigenvalue weighted by Gasteiger charge is 2.23. The zero-order valence-electron chi connectivity index (χ0n) is 10.6. The molecule has 1 saturated heterocycles. The van der Waals surface area contributed by atoms with E-state index in [0.717, 1.165) is 12.8 Å². The minimum Gasteiger partial charge on any atom is -0.378 e. The standard InChI is InChI=1S/C12H17FN4O2/c1-7-6-8(3-5-19-7)16-12(18)9-2-4-15-11(17-14)10(9)13/h2,4,7-8H,3,5-6,14H2,1H3,(H,15,17)(H,16,18). The van der Waals surface area contributed by atoms with E-state index in [1.807, 2.05) is 6.92 Å². The molecule has 2 atom stereocenters. The lowest BCUT2D eigenvalue weighted by atomic mass is 10.0. The van der Waals surface area contributed by atoms with Gasteiger partial charge >= 0.3 is 0 Å². The van der Waals surface area contributed by atoms with Crippen molar-refractivity contribution in [3.63, 3.8) is 0 Å². The molecule has 19 heavy (non-hydrogen) atoms. The molecule has 7 heteroatoms. The summed E-state index contributed by atoms with van der Waals surface area (Å²) in [5, 5.41) is 2.80. The number of carbonyl (C=O) groups is 1. The Kier molecular flexibility index (Phi) is 4.28. The highest BCUT2D eigenvalue weighted by molar-refractivity contribution is 5.95. The van der Waals surface area contributed by atoms with Crippen LogP contribution in [0.5, 0.6) is 0 Å². The van der Waals surface area contributed by atoms with Crippen LogP contribution < -0.4 is 16.6 Å². The van der Waals surface area contributed by atoms with Crippen LogP contribution in [0.4, 0.5) is 10.2 Å². The number of hydrogen-bond donors (Lipinski definition) is 3. The summed E-state index contributed by atoms with van der Waals surface area (Å²) in [6, 6.07) is 1.33. The van der Waals surface area contributed by atoms with Crippen molar-refractivity contribution in [2.75, 3.05) is 12.0 Å². The van der Waals surface area contributed by atoms with E-state index >= 15 is 0 Å². The molecule has 1 aromatic heterocycles. The molecule has 2 unspecified atom stereocenters. The number of anilines is 1. The van der Waals surface area contributed by atoms with E-state index in [0.29, 0.717) is 6.61 Å². The average Bonchev–Trinajstić information content (AvgIpc) is 2.39. The van der Waals surface area contributed by atoms with E-state index in [9.17, 15) is 9.18 Å². The minimum atomic E-state index is -0.748. The van der Waals surface area contributed by atoms with Gasteiger partial charge in [0.05, 0.1) is 11.7 Å². The van der Waals surface area contributed by atoms with Crippen LogP contribution in [0.2, 0.25) is 0 Å². The Balaban J connectivity index is 2.07. The van der Waals surface area contributed by atoms with Crippen molar-refractivity contribution in [2.24, 2.45) is 5.84 Å². The van der Waals surface area contributed by atoms with Gasteiger partial charge in [-0.3, -0.25) is 4.79 Å². The maximum atomic E-state index is 13.9. The van der Waals surface area contributed by atoms with Crippen molar-refractivity contribution < 1.29 is 13.9 Å². The maximum absolute atomic E-state index is 13.9. The number of ether oxygens (including phenoxy) is 1. The second-order valence-electron chi connectivity index (χ2n) is 4.54. The molecular weight excluding hydrogens is 251 g/mol. The number of pyridine rings is 1. The summed E-state index contributed by atoms with van der Waals surface area (Å²) in [6.07, 6.45) is 2.88. The third-order valence-electron chi connectivity index (χ3n) is 3.09. The lowest BCUT2D eigenvalue weighted by molar-refractivity contribution is 0.0136. The number of amides is 1. The maximum Gasteiger partial charge on any atom is 0.254 e. The van der Waals surface area contributed by atoms with Gasteiger partial charge in [-0.15, -0.1) is 0 Å². The van der Waals surface area contributed by atoms with Crippen LogP contribution in [-0.2, 0) is 4.74 Å². The van der Waals surface area contributed by atoms with Gasteiger partial charge in [-0.1, -0.05) is 0 Å². The molecular formula is C12H17FN4O2. The molecule has 104 valence electrons. The Morgan fingerprint density at radius 3 is 3.11 bits per heavy atom. The Bertz CT molecular complexity index is 469.